The molecule has 5 nitrogen and oxygen atoms in total. The Morgan fingerprint density at radius 3 is 2.41 bits per heavy atom. The van der Waals surface area contributed by atoms with Gasteiger partial charge < -0.3 is 20.5 Å². The second kappa shape index (κ2) is 7.20. The number of amides is 1. The maximum Gasteiger partial charge on any atom is 0.237 e. The molecular formula is C16H25ClN2O3. The highest BCUT2D eigenvalue weighted by Crippen LogP contribution is 2.32. The summed E-state index contributed by atoms with van der Waals surface area (Å²) in [5, 5.41) is 2.95. The summed E-state index contributed by atoms with van der Waals surface area (Å²) in [6, 6.07) is 5.03. The van der Waals surface area contributed by atoms with Crippen molar-refractivity contribution in [2.75, 3.05) is 13.2 Å². The van der Waals surface area contributed by atoms with Gasteiger partial charge in [-0.1, -0.05) is 26.8 Å². The van der Waals surface area contributed by atoms with Gasteiger partial charge in [0.05, 0.1) is 12.1 Å². The molecule has 2 atom stereocenters. The maximum atomic E-state index is 12.2. The first-order chi connectivity index (χ1) is 9.79. The summed E-state index contributed by atoms with van der Waals surface area (Å²) in [6.07, 6.45) is 0. The highest BCUT2D eigenvalue weighted by Gasteiger charge is 2.28. The Labute approximate surface area is 138 Å². The van der Waals surface area contributed by atoms with E-state index in [9.17, 15) is 4.79 Å². The van der Waals surface area contributed by atoms with Crippen LogP contribution >= 0.6 is 12.4 Å². The average Bonchev–Trinajstić information content (AvgIpc) is 2.44. The van der Waals surface area contributed by atoms with Crippen LogP contribution < -0.4 is 20.5 Å². The number of ether oxygens (including phenoxy) is 2. The smallest absolute Gasteiger partial charge is 0.237 e. The first-order valence-electron chi connectivity index (χ1n) is 7.24. The Balaban J connectivity index is 0.00000242. The number of hydrogen-bond donors (Lipinski definition) is 2. The fraction of sp³-hybridized carbons (Fsp3) is 0.562. The SMILES string of the molecule is CC(NC(=O)[C@@H](N)C(C)(C)C)c1ccc2c(c1)OCCO2.Cl. The third kappa shape index (κ3) is 4.27. The number of nitrogens with one attached hydrogen (secondary N) is 1. The van der Waals surface area contributed by atoms with Gasteiger partial charge in [-0.25, -0.2) is 0 Å². The third-order valence-corrected chi connectivity index (χ3v) is 3.64. The van der Waals surface area contributed by atoms with E-state index < -0.39 is 6.04 Å². The van der Waals surface area contributed by atoms with E-state index in [0.29, 0.717) is 13.2 Å². The number of rotatable bonds is 3. The van der Waals surface area contributed by atoms with Crippen LogP contribution in [0, 0.1) is 5.41 Å². The van der Waals surface area contributed by atoms with Gasteiger partial charge in [0.1, 0.15) is 13.2 Å². The monoisotopic (exact) mass is 328 g/mol. The molecule has 6 heteroatoms. The molecule has 124 valence electrons. The van der Waals surface area contributed by atoms with Crippen molar-refractivity contribution in [3.63, 3.8) is 0 Å². The first-order valence-corrected chi connectivity index (χ1v) is 7.24. The van der Waals surface area contributed by atoms with Gasteiger partial charge in [-0.3, -0.25) is 4.79 Å². The maximum absolute atomic E-state index is 12.2. The van der Waals surface area contributed by atoms with E-state index in [0.717, 1.165) is 17.1 Å². The van der Waals surface area contributed by atoms with Gasteiger partial charge in [-0.15, -0.1) is 12.4 Å². The van der Waals surface area contributed by atoms with Crippen LogP contribution in [0.1, 0.15) is 39.3 Å². The molecule has 0 spiro atoms. The number of carbonyl (C=O) groups is 1. The van der Waals surface area contributed by atoms with E-state index in [2.05, 4.69) is 5.32 Å². The summed E-state index contributed by atoms with van der Waals surface area (Å²) in [7, 11) is 0. The average molecular weight is 329 g/mol. The molecule has 0 aromatic heterocycles. The van der Waals surface area contributed by atoms with Crippen molar-refractivity contribution in [1.29, 1.82) is 0 Å². The van der Waals surface area contributed by atoms with Gasteiger partial charge in [0, 0.05) is 0 Å². The van der Waals surface area contributed by atoms with Crippen molar-refractivity contribution in [2.45, 2.75) is 39.8 Å². The van der Waals surface area contributed by atoms with Crippen molar-refractivity contribution in [2.24, 2.45) is 11.1 Å². The van der Waals surface area contributed by atoms with Crippen molar-refractivity contribution in [1.82, 2.24) is 5.32 Å². The van der Waals surface area contributed by atoms with E-state index in [4.69, 9.17) is 15.2 Å². The van der Waals surface area contributed by atoms with E-state index >= 15 is 0 Å². The first kappa shape index (κ1) is 18.6. The standard InChI is InChI=1S/C16H24N2O3.ClH/c1-10(18-15(19)14(17)16(2,3)4)11-5-6-12-13(9-11)21-8-7-20-12;/h5-6,9-10,14H,7-8,17H2,1-4H3,(H,18,19);1H/t10?,14-;/m1./s1. The molecule has 0 radical (unpaired) electrons. The zero-order chi connectivity index (χ0) is 15.6. The quantitative estimate of drug-likeness (QED) is 0.893. The fourth-order valence-electron chi connectivity index (χ4n) is 2.11. The molecule has 0 saturated carbocycles. The molecule has 0 aliphatic carbocycles. The van der Waals surface area contributed by atoms with E-state index in [1.54, 1.807) is 0 Å². The molecule has 0 fully saturated rings. The van der Waals surface area contributed by atoms with Gasteiger partial charge in [-0.05, 0) is 30.0 Å². The van der Waals surface area contributed by atoms with Crippen molar-refractivity contribution in [3.8, 4) is 11.5 Å². The molecule has 1 aliphatic heterocycles. The lowest BCUT2D eigenvalue weighted by Gasteiger charge is -2.28. The van der Waals surface area contributed by atoms with E-state index in [1.165, 1.54) is 0 Å². The number of carbonyl (C=O) groups excluding carboxylic acids is 1. The molecule has 0 saturated heterocycles. The number of nitrogens with two attached hydrogens (primary N) is 1. The van der Waals surface area contributed by atoms with Crippen LogP contribution in [0.3, 0.4) is 0 Å². The van der Waals surface area contributed by atoms with Crippen molar-refractivity contribution < 1.29 is 14.3 Å². The molecule has 2 rings (SSSR count). The molecule has 0 bridgehead atoms. The van der Waals surface area contributed by atoms with E-state index in [1.807, 2.05) is 45.9 Å². The highest BCUT2D eigenvalue weighted by molar-refractivity contribution is 5.85. The Morgan fingerprint density at radius 1 is 1.23 bits per heavy atom. The van der Waals surface area contributed by atoms with Crippen LogP contribution in [0.15, 0.2) is 18.2 Å². The molecular weight excluding hydrogens is 304 g/mol. The molecule has 1 aromatic rings. The van der Waals surface area contributed by atoms with Crippen LogP contribution in [0.25, 0.3) is 0 Å². The molecule has 1 unspecified atom stereocenters. The van der Waals surface area contributed by atoms with Crippen LogP contribution in [-0.2, 0) is 4.79 Å². The molecule has 1 aromatic carbocycles. The Bertz CT molecular complexity index is 529. The minimum absolute atomic E-state index is 0. The van der Waals surface area contributed by atoms with Gasteiger partial charge in [0.2, 0.25) is 5.91 Å². The number of hydrogen-bond acceptors (Lipinski definition) is 4. The Morgan fingerprint density at radius 2 is 1.82 bits per heavy atom. The number of halogens is 1. The predicted octanol–water partition coefficient (Wildman–Crippen LogP) is 2.43. The van der Waals surface area contributed by atoms with Crippen LogP contribution in [0.4, 0.5) is 0 Å². The molecule has 1 amide bonds. The zero-order valence-electron chi connectivity index (χ0n) is 13.5. The topological polar surface area (TPSA) is 73.6 Å². The van der Waals surface area contributed by atoms with Crippen molar-refractivity contribution in [3.05, 3.63) is 23.8 Å². The zero-order valence-corrected chi connectivity index (χ0v) is 14.3. The summed E-state index contributed by atoms with van der Waals surface area (Å²) in [5.41, 5.74) is 6.67. The van der Waals surface area contributed by atoms with Gasteiger partial charge >= 0.3 is 0 Å². The van der Waals surface area contributed by atoms with Crippen LogP contribution in [0.5, 0.6) is 11.5 Å². The number of benzene rings is 1. The van der Waals surface area contributed by atoms with Crippen molar-refractivity contribution >= 4 is 18.3 Å². The fourth-order valence-corrected chi connectivity index (χ4v) is 2.11. The summed E-state index contributed by atoms with van der Waals surface area (Å²) in [6.45, 7) is 8.90. The van der Waals surface area contributed by atoms with E-state index in [-0.39, 0.29) is 29.8 Å². The minimum atomic E-state index is -0.544. The lowest BCUT2D eigenvalue weighted by atomic mass is 9.86. The minimum Gasteiger partial charge on any atom is -0.486 e. The molecule has 22 heavy (non-hydrogen) atoms. The lowest BCUT2D eigenvalue weighted by molar-refractivity contribution is -0.125. The summed E-state index contributed by atoms with van der Waals surface area (Å²) in [4.78, 5) is 12.2. The summed E-state index contributed by atoms with van der Waals surface area (Å²) >= 11 is 0. The lowest BCUT2D eigenvalue weighted by Crippen LogP contribution is -2.49. The van der Waals surface area contributed by atoms with Gasteiger partial charge in [0.25, 0.3) is 0 Å². The Hall–Kier alpha value is -1.46. The molecule has 1 heterocycles. The Kier molecular flexibility index (Phi) is 6.08. The molecule has 3 N–H and O–H groups in total. The summed E-state index contributed by atoms with van der Waals surface area (Å²) in [5.74, 6) is 1.32. The second-order valence-electron chi connectivity index (χ2n) is 6.48. The third-order valence-electron chi connectivity index (χ3n) is 3.64. The van der Waals surface area contributed by atoms with Crippen LogP contribution in [-0.4, -0.2) is 25.2 Å². The van der Waals surface area contributed by atoms with Crippen LogP contribution in [0.2, 0.25) is 0 Å². The highest BCUT2D eigenvalue weighted by atomic mass is 35.5. The number of fused-ring (bicyclic) bond motifs is 1. The van der Waals surface area contributed by atoms with Gasteiger partial charge in [-0.2, -0.15) is 0 Å². The largest absolute Gasteiger partial charge is 0.486 e. The normalized spacial score (nSPS) is 16.2. The predicted molar refractivity (Wildman–Crippen MR) is 88.7 cm³/mol. The second-order valence-corrected chi connectivity index (χ2v) is 6.48. The van der Waals surface area contributed by atoms with Gasteiger partial charge in [0.15, 0.2) is 11.5 Å². The summed E-state index contributed by atoms with van der Waals surface area (Å²) < 4.78 is 11.0. The molecule has 1 aliphatic rings.